The summed E-state index contributed by atoms with van der Waals surface area (Å²) >= 11 is 0. The smallest absolute Gasteiger partial charge is 0.323 e. The van der Waals surface area contributed by atoms with Crippen LogP contribution in [-0.2, 0) is 14.3 Å². The monoisotopic (exact) mass is 231 g/mol. The summed E-state index contributed by atoms with van der Waals surface area (Å²) in [5.41, 5.74) is 0. The zero-order valence-electron chi connectivity index (χ0n) is 10.9. The molecule has 0 fully saturated rings. The predicted molar refractivity (Wildman–Crippen MR) is 64.4 cm³/mol. The molecule has 0 aliphatic rings. The van der Waals surface area contributed by atoms with E-state index in [1.165, 1.54) is 0 Å². The fourth-order valence-electron chi connectivity index (χ4n) is 1.49. The number of esters is 1. The average molecular weight is 231 g/mol. The van der Waals surface area contributed by atoms with Crippen molar-refractivity contribution in [3.63, 3.8) is 0 Å². The molecule has 1 N–H and O–H groups in total. The van der Waals surface area contributed by atoms with Crippen molar-refractivity contribution >= 4 is 5.97 Å². The highest BCUT2D eigenvalue weighted by molar-refractivity contribution is 5.75. The topological polar surface area (TPSA) is 47.6 Å². The number of rotatable bonds is 9. The zero-order chi connectivity index (χ0) is 12.4. The lowest BCUT2D eigenvalue weighted by molar-refractivity contribution is -0.146. The molecule has 0 amide bonds. The van der Waals surface area contributed by atoms with Crippen molar-refractivity contribution in [1.82, 2.24) is 5.32 Å². The summed E-state index contributed by atoms with van der Waals surface area (Å²) in [5, 5.41) is 3.19. The molecule has 0 aromatic heterocycles. The molecule has 0 saturated heterocycles. The van der Waals surface area contributed by atoms with Gasteiger partial charge in [0, 0.05) is 13.2 Å². The molecule has 0 rings (SSSR count). The summed E-state index contributed by atoms with van der Waals surface area (Å²) in [6.07, 6.45) is 1.88. The van der Waals surface area contributed by atoms with Gasteiger partial charge in [0.1, 0.15) is 6.04 Å². The Bertz CT molecular complexity index is 185. The van der Waals surface area contributed by atoms with Gasteiger partial charge in [-0.1, -0.05) is 13.3 Å². The average Bonchev–Trinajstić information content (AvgIpc) is 2.24. The van der Waals surface area contributed by atoms with Crippen LogP contribution in [0.4, 0.5) is 0 Å². The Balaban J connectivity index is 3.97. The minimum Gasteiger partial charge on any atom is -0.465 e. The lowest BCUT2D eigenvalue weighted by Gasteiger charge is -2.19. The SMILES string of the molecule is CCCC(NCC(C)OCC)C(=O)OCC. The molecule has 0 heterocycles. The second-order valence-electron chi connectivity index (χ2n) is 3.77. The van der Waals surface area contributed by atoms with Crippen molar-refractivity contribution in [1.29, 1.82) is 0 Å². The molecule has 4 heteroatoms. The first-order valence-electron chi connectivity index (χ1n) is 6.17. The van der Waals surface area contributed by atoms with Crippen LogP contribution < -0.4 is 5.32 Å². The molecule has 0 aliphatic carbocycles. The van der Waals surface area contributed by atoms with Crippen LogP contribution in [0.2, 0.25) is 0 Å². The van der Waals surface area contributed by atoms with Crippen LogP contribution in [0, 0.1) is 0 Å². The first-order chi connectivity index (χ1) is 7.65. The second-order valence-corrected chi connectivity index (χ2v) is 3.77. The van der Waals surface area contributed by atoms with E-state index >= 15 is 0 Å². The first-order valence-corrected chi connectivity index (χ1v) is 6.17. The third-order valence-corrected chi connectivity index (χ3v) is 2.25. The van der Waals surface area contributed by atoms with Gasteiger partial charge >= 0.3 is 5.97 Å². The summed E-state index contributed by atoms with van der Waals surface area (Å²) in [7, 11) is 0. The highest BCUT2D eigenvalue weighted by Crippen LogP contribution is 2.00. The van der Waals surface area contributed by atoms with E-state index in [0.717, 1.165) is 12.8 Å². The molecule has 0 bridgehead atoms. The molecule has 96 valence electrons. The molecule has 0 aromatic rings. The van der Waals surface area contributed by atoms with Crippen molar-refractivity contribution in [2.45, 2.75) is 52.7 Å². The third kappa shape index (κ3) is 6.80. The molecule has 4 nitrogen and oxygen atoms in total. The van der Waals surface area contributed by atoms with E-state index in [-0.39, 0.29) is 18.1 Å². The Hall–Kier alpha value is -0.610. The Morgan fingerprint density at radius 3 is 2.44 bits per heavy atom. The Morgan fingerprint density at radius 1 is 1.25 bits per heavy atom. The van der Waals surface area contributed by atoms with Gasteiger partial charge in [-0.25, -0.2) is 0 Å². The molecule has 0 spiro atoms. The summed E-state index contributed by atoms with van der Waals surface area (Å²) in [6, 6.07) is -0.201. The van der Waals surface area contributed by atoms with Crippen LogP contribution in [0.5, 0.6) is 0 Å². The minimum absolute atomic E-state index is 0.124. The number of carbonyl (C=O) groups is 1. The Morgan fingerprint density at radius 2 is 1.94 bits per heavy atom. The standard InChI is InChI=1S/C12H25NO3/c1-5-8-11(12(14)16-7-3)13-9-10(4)15-6-2/h10-11,13H,5-9H2,1-4H3. The van der Waals surface area contributed by atoms with Gasteiger partial charge in [0.05, 0.1) is 12.7 Å². The van der Waals surface area contributed by atoms with Crippen LogP contribution in [0.15, 0.2) is 0 Å². The van der Waals surface area contributed by atoms with Gasteiger partial charge in [0.15, 0.2) is 0 Å². The first kappa shape index (κ1) is 15.4. The van der Waals surface area contributed by atoms with E-state index in [9.17, 15) is 4.79 Å². The highest BCUT2D eigenvalue weighted by atomic mass is 16.5. The molecule has 0 saturated carbocycles. The van der Waals surface area contributed by atoms with Gasteiger partial charge in [-0.2, -0.15) is 0 Å². The van der Waals surface area contributed by atoms with E-state index in [2.05, 4.69) is 12.2 Å². The van der Waals surface area contributed by atoms with Crippen molar-refractivity contribution in [2.75, 3.05) is 19.8 Å². The summed E-state index contributed by atoms with van der Waals surface area (Å²) in [5.74, 6) is -0.159. The number of hydrogen-bond donors (Lipinski definition) is 1. The minimum atomic E-state index is -0.201. The lowest BCUT2D eigenvalue weighted by Crippen LogP contribution is -2.41. The summed E-state index contributed by atoms with van der Waals surface area (Å²) in [6.45, 7) is 9.64. The number of nitrogens with one attached hydrogen (secondary N) is 1. The van der Waals surface area contributed by atoms with Crippen molar-refractivity contribution in [3.05, 3.63) is 0 Å². The van der Waals surface area contributed by atoms with Crippen molar-refractivity contribution in [3.8, 4) is 0 Å². The maximum Gasteiger partial charge on any atom is 0.323 e. The Labute approximate surface area is 98.7 Å². The molecule has 0 aliphatic heterocycles. The molecule has 16 heavy (non-hydrogen) atoms. The van der Waals surface area contributed by atoms with Crippen molar-refractivity contribution < 1.29 is 14.3 Å². The molecule has 2 unspecified atom stereocenters. The molecular weight excluding hydrogens is 206 g/mol. The lowest BCUT2D eigenvalue weighted by atomic mass is 10.1. The normalized spacial score (nSPS) is 14.5. The quantitative estimate of drug-likeness (QED) is 0.614. The van der Waals surface area contributed by atoms with Crippen molar-refractivity contribution in [2.24, 2.45) is 0 Å². The van der Waals surface area contributed by atoms with Gasteiger partial charge < -0.3 is 14.8 Å². The van der Waals surface area contributed by atoms with Gasteiger partial charge in [0.2, 0.25) is 0 Å². The maximum absolute atomic E-state index is 11.6. The van der Waals surface area contributed by atoms with E-state index < -0.39 is 0 Å². The van der Waals surface area contributed by atoms with Crippen LogP contribution >= 0.6 is 0 Å². The third-order valence-electron chi connectivity index (χ3n) is 2.25. The summed E-state index contributed by atoms with van der Waals surface area (Å²) < 4.78 is 10.4. The number of carbonyl (C=O) groups excluding carboxylic acids is 1. The van der Waals surface area contributed by atoms with Crippen LogP contribution in [0.1, 0.15) is 40.5 Å². The van der Waals surface area contributed by atoms with E-state index in [4.69, 9.17) is 9.47 Å². The second kappa shape index (κ2) is 9.60. The van der Waals surface area contributed by atoms with Crippen LogP contribution in [-0.4, -0.2) is 37.9 Å². The molecule has 2 atom stereocenters. The number of ether oxygens (including phenoxy) is 2. The van der Waals surface area contributed by atoms with Crippen LogP contribution in [0.25, 0.3) is 0 Å². The maximum atomic E-state index is 11.6. The van der Waals surface area contributed by atoms with Gasteiger partial charge in [0.25, 0.3) is 0 Å². The predicted octanol–water partition coefficient (Wildman–Crippen LogP) is 1.73. The largest absolute Gasteiger partial charge is 0.465 e. The van der Waals surface area contributed by atoms with E-state index in [0.29, 0.717) is 19.8 Å². The fraction of sp³-hybridized carbons (Fsp3) is 0.917. The summed E-state index contributed by atoms with van der Waals surface area (Å²) in [4.78, 5) is 11.6. The van der Waals surface area contributed by atoms with Gasteiger partial charge in [-0.3, -0.25) is 4.79 Å². The highest BCUT2D eigenvalue weighted by Gasteiger charge is 2.18. The molecular formula is C12H25NO3. The Kier molecular flexibility index (Phi) is 9.24. The molecule has 0 aromatic carbocycles. The fourth-order valence-corrected chi connectivity index (χ4v) is 1.49. The molecule has 0 radical (unpaired) electrons. The van der Waals surface area contributed by atoms with Crippen LogP contribution in [0.3, 0.4) is 0 Å². The van der Waals surface area contributed by atoms with E-state index in [1.54, 1.807) is 0 Å². The number of hydrogen-bond acceptors (Lipinski definition) is 4. The van der Waals surface area contributed by atoms with Gasteiger partial charge in [-0.05, 0) is 27.2 Å². The van der Waals surface area contributed by atoms with E-state index in [1.807, 2.05) is 20.8 Å². The van der Waals surface area contributed by atoms with Gasteiger partial charge in [-0.15, -0.1) is 0 Å². The zero-order valence-corrected chi connectivity index (χ0v) is 10.9.